The first-order valence-corrected chi connectivity index (χ1v) is 7.86. The Bertz CT molecular complexity index is 756. The van der Waals surface area contributed by atoms with E-state index < -0.39 is 23.8 Å². The molecule has 0 radical (unpaired) electrons. The number of nitrogens with one attached hydrogen (secondary N) is 1. The van der Waals surface area contributed by atoms with Gasteiger partial charge in [-0.25, -0.2) is 8.78 Å². The van der Waals surface area contributed by atoms with Gasteiger partial charge < -0.3 is 15.0 Å². The zero-order valence-electron chi connectivity index (χ0n) is 14.2. The maximum absolute atomic E-state index is 13.3. The fourth-order valence-corrected chi connectivity index (χ4v) is 2.87. The molecule has 2 N–H and O–H groups in total. The van der Waals surface area contributed by atoms with E-state index in [1.54, 1.807) is 13.0 Å². The first-order chi connectivity index (χ1) is 11.3. The van der Waals surface area contributed by atoms with Crippen LogP contribution in [0.2, 0.25) is 0 Å². The fourth-order valence-electron chi connectivity index (χ4n) is 2.87. The lowest BCUT2D eigenvalue weighted by atomic mass is 10.0. The smallest absolute Gasteiger partial charge is 0.253 e. The lowest BCUT2D eigenvalue weighted by molar-refractivity contribution is 0.0851. The van der Waals surface area contributed by atoms with Crippen LogP contribution < -0.4 is 5.32 Å². The molecule has 1 aromatic carbocycles. The van der Waals surface area contributed by atoms with Crippen molar-refractivity contribution >= 4 is 5.91 Å². The second-order valence-corrected chi connectivity index (χ2v) is 5.91. The van der Waals surface area contributed by atoms with Gasteiger partial charge in [-0.2, -0.15) is 0 Å². The highest BCUT2D eigenvalue weighted by Crippen LogP contribution is 2.20. The molecule has 0 spiro atoms. The van der Waals surface area contributed by atoms with Gasteiger partial charge in [0.2, 0.25) is 0 Å². The molecule has 4 nitrogen and oxygen atoms in total. The van der Waals surface area contributed by atoms with E-state index in [-0.39, 0.29) is 11.5 Å². The summed E-state index contributed by atoms with van der Waals surface area (Å²) in [5, 5.41) is 13.0. The Morgan fingerprint density at radius 2 is 1.92 bits per heavy atom. The average Bonchev–Trinajstić information content (AvgIpc) is 2.83. The number of carbonyl (C=O) groups excluding carboxylic acids is 1. The van der Waals surface area contributed by atoms with Crippen molar-refractivity contribution in [2.75, 3.05) is 0 Å². The zero-order chi connectivity index (χ0) is 18.0. The standard InChI is InChI=1S/C18H22F2N2O2/c1-5-22-10(2)8-14(12(22)4)18(24)21-11(3)17(23)13-6-7-15(19)16(20)9-13/h6-9,11,17,23H,5H2,1-4H3,(H,21,24). The summed E-state index contributed by atoms with van der Waals surface area (Å²) in [4.78, 5) is 12.4. The van der Waals surface area contributed by atoms with E-state index in [4.69, 9.17) is 0 Å². The Labute approximate surface area is 140 Å². The molecule has 0 aliphatic carbocycles. The van der Waals surface area contributed by atoms with E-state index in [0.29, 0.717) is 5.56 Å². The van der Waals surface area contributed by atoms with E-state index in [0.717, 1.165) is 30.1 Å². The molecule has 2 unspecified atom stereocenters. The number of rotatable bonds is 5. The third kappa shape index (κ3) is 3.48. The van der Waals surface area contributed by atoms with Gasteiger partial charge in [-0.3, -0.25) is 4.79 Å². The molecule has 1 heterocycles. The summed E-state index contributed by atoms with van der Waals surface area (Å²) < 4.78 is 28.3. The van der Waals surface area contributed by atoms with Crippen LogP contribution in [0.15, 0.2) is 24.3 Å². The monoisotopic (exact) mass is 336 g/mol. The van der Waals surface area contributed by atoms with Gasteiger partial charge in [-0.05, 0) is 51.5 Å². The normalized spacial score (nSPS) is 13.6. The van der Waals surface area contributed by atoms with Crippen molar-refractivity contribution in [1.29, 1.82) is 0 Å². The summed E-state index contributed by atoms with van der Waals surface area (Å²) >= 11 is 0. The van der Waals surface area contributed by atoms with Gasteiger partial charge in [-0.1, -0.05) is 6.07 Å². The fraction of sp³-hybridized carbons (Fsp3) is 0.389. The molecular weight excluding hydrogens is 314 g/mol. The van der Waals surface area contributed by atoms with E-state index in [2.05, 4.69) is 5.32 Å². The minimum Gasteiger partial charge on any atom is -0.386 e. The van der Waals surface area contributed by atoms with Crippen LogP contribution in [0.5, 0.6) is 0 Å². The molecule has 1 aromatic heterocycles. The lowest BCUT2D eigenvalue weighted by Gasteiger charge is -2.21. The van der Waals surface area contributed by atoms with Gasteiger partial charge in [0.15, 0.2) is 11.6 Å². The van der Waals surface area contributed by atoms with Crippen LogP contribution >= 0.6 is 0 Å². The Kier molecular flexibility index (Phi) is 5.39. The van der Waals surface area contributed by atoms with Crippen LogP contribution in [0.3, 0.4) is 0 Å². The van der Waals surface area contributed by atoms with E-state index in [1.165, 1.54) is 6.07 Å². The summed E-state index contributed by atoms with van der Waals surface area (Å²) in [6.07, 6.45) is -1.14. The molecule has 0 bridgehead atoms. The first-order valence-electron chi connectivity index (χ1n) is 7.86. The number of aliphatic hydroxyl groups is 1. The SMILES string of the molecule is CCn1c(C)cc(C(=O)NC(C)C(O)c2ccc(F)c(F)c2)c1C. The molecule has 2 aromatic rings. The molecule has 6 heteroatoms. The minimum atomic E-state index is -1.14. The molecular formula is C18H22F2N2O2. The van der Waals surface area contributed by atoms with Crippen LogP contribution in [-0.4, -0.2) is 21.6 Å². The van der Waals surface area contributed by atoms with Gasteiger partial charge in [-0.15, -0.1) is 0 Å². The predicted octanol–water partition coefficient (Wildman–Crippen LogP) is 3.25. The van der Waals surface area contributed by atoms with Gasteiger partial charge in [0, 0.05) is 17.9 Å². The van der Waals surface area contributed by atoms with E-state index in [1.807, 2.05) is 25.3 Å². The van der Waals surface area contributed by atoms with Crippen molar-refractivity contribution < 1.29 is 18.7 Å². The Morgan fingerprint density at radius 3 is 2.46 bits per heavy atom. The van der Waals surface area contributed by atoms with Crippen molar-refractivity contribution in [2.45, 2.75) is 46.4 Å². The maximum Gasteiger partial charge on any atom is 0.253 e. The van der Waals surface area contributed by atoms with Crippen molar-refractivity contribution in [3.63, 3.8) is 0 Å². The summed E-state index contributed by atoms with van der Waals surface area (Å²) in [5.41, 5.74) is 2.58. The van der Waals surface area contributed by atoms with Crippen molar-refractivity contribution in [2.24, 2.45) is 0 Å². The Hall–Kier alpha value is -2.21. The third-order valence-corrected chi connectivity index (χ3v) is 4.25. The second-order valence-electron chi connectivity index (χ2n) is 5.91. The molecule has 2 atom stereocenters. The van der Waals surface area contributed by atoms with Gasteiger partial charge >= 0.3 is 0 Å². The van der Waals surface area contributed by atoms with Gasteiger partial charge in [0.05, 0.1) is 17.7 Å². The third-order valence-electron chi connectivity index (χ3n) is 4.25. The molecule has 0 saturated heterocycles. The zero-order valence-corrected chi connectivity index (χ0v) is 14.2. The molecule has 2 rings (SSSR count). The van der Waals surface area contributed by atoms with E-state index in [9.17, 15) is 18.7 Å². The number of aryl methyl sites for hydroxylation is 1. The summed E-state index contributed by atoms with van der Waals surface area (Å²) in [6.45, 7) is 8.16. The van der Waals surface area contributed by atoms with E-state index >= 15 is 0 Å². The van der Waals surface area contributed by atoms with Crippen LogP contribution in [0, 0.1) is 25.5 Å². The molecule has 0 aliphatic heterocycles. The first kappa shape index (κ1) is 18.1. The van der Waals surface area contributed by atoms with Crippen molar-refractivity contribution in [3.05, 3.63) is 58.4 Å². The average molecular weight is 336 g/mol. The Balaban J connectivity index is 2.15. The molecule has 1 amide bonds. The highest BCUT2D eigenvalue weighted by atomic mass is 19.2. The predicted molar refractivity (Wildman–Crippen MR) is 87.8 cm³/mol. The number of aromatic nitrogens is 1. The number of aliphatic hydroxyl groups excluding tert-OH is 1. The minimum absolute atomic E-state index is 0.209. The maximum atomic E-state index is 13.3. The second kappa shape index (κ2) is 7.13. The molecule has 24 heavy (non-hydrogen) atoms. The van der Waals surface area contributed by atoms with Crippen LogP contribution in [0.1, 0.15) is 47.3 Å². The number of hydrogen-bond acceptors (Lipinski definition) is 2. The largest absolute Gasteiger partial charge is 0.386 e. The lowest BCUT2D eigenvalue weighted by Crippen LogP contribution is -2.37. The van der Waals surface area contributed by atoms with Crippen LogP contribution in [0.25, 0.3) is 0 Å². The summed E-state index contributed by atoms with van der Waals surface area (Å²) in [7, 11) is 0. The Morgan fingerprint density at radius 1 is 1.25 bits per heavy atom. The summed E-state index contributed by atoms with van der Waals surface area (Å²) in [5.74, 6) is -2.32. The number of halogens is 2. The van der Waals surface area contributed by atoms with Crippen molar-refractivity contribution in [3.8, 4) is 0 Å². The van der Waals surface area contributed by atoms with Gasteiger partial charge in [0.1, 0.15) is 0 Å². The number of carbonyl (C=O) groups is 1. The molecule has 0 aliphatic rings. The highest BCUT2D eigenvalue weighted by Gasteiger charge is 2.22. The number of nitrogens with zero attached hydrogens (tertiary/aromatic N) is 1. The molecule has 0 saturated carbocycles. The number of amides is 1. The quantitative estimate of drug-likeness (QED) is 0.881. The number of benzene rings is 1. The highest BCUT2D eigenvalue weighted by molar-refractivity contribution is 5.95. The van der Waals surface area contributed by atoms with Crippen LogP contribution in [0.4, 0.5) is 8.78 Å². The summed E-state index contributed by atoms with van der Waals surface area (Å²) in [6, 6.07) is 4.33. The molecule has 0 fully saturated rings. The topological polar surface area (TPSA) is 54.3 Å². The van der Waals surface area contributed by atoms with Gasteiger partial charge in [0.25, 0.3) is 5.91 Å². The van der Waals surface area contributed by atoms with Crippen LogP contribution in [-0.2, 0) is 6.54 Å². The van der Waals surface area contributed by atoms with Crippen molar-refractivity contribution in [1.82, 2.24) is 9.88 Å². The molecule has 130 valence electrons. The number of hydrogen-bond donors (Lipinski definition) is 2.